The van der Waals surface area contributed by atoms with Crippen molar-refractivity contribution in [2.24, 2.45) is 0 Å². The Kier molecular flexibility index (Phi) is 7.02. The molecule has 9 nitrogen and oxygen atoms in total. The highest BCUT2D eigenvalue weighted by Gasteiger charge is 2.22. The van der Waals surface area contributed by atoms with Crippen molar-refractivity contribution < 1.29 is 47.2 Å². The van der Waals surface area contributed by atoms with Crippen LogP contribution in [0.25, 0.3) is 0 Å². The monoisotopic (exact) mass is 576 g/mol. The third kappa shape index (κ3) is 6.94. The second kappa shape index (κ2) is 10.4. The summed E-state index contributed by atoms with van der Waals surface area (Å²) in [4.78, 5) is 0. The fraction of sp³-hybridized carbons (Fsp3) is 0.0769. The topological polar surface area (TPSA) is 114 Å². The van der Waals surface area contributed by atoms with Crippen molar-refractivity contribution in [2.75, 3.05) is 0 Å². The van der Waals surface area contributed by atoms with Crippen molar-refractivity contribution in [3.63, 3.8) is 0 Å². The van der Waals surface area contributed by atoms with E-state index in [-0.39, 0.29) is 23.0 Å². The summed E-state index contributed by atoms with van der Waals surface area (Å²) in [5.74, 6) is 1.37. The van der Waals surface area contributed by atoms with E-state index in [9.17, 15) is 24.6 Å². The van der Waals surface area contributed by atoms with Gasteiger partial charge < -0.3 is 22.6 Å². The second-order valence-electron chi connectivity index (χ2n) is 8.22. The van der Waals surface area contributed by atoms with Crippen LogP contribution in [-0.2, 0) is 27.4 Å². The predicted octanol–water partition coefficient (Wildman–Crippen LogP) is 5.73. The van der Waals surface area contributed by atoms with Crippen LogP contribution in [0, 0.1) is 0 Å². The normalized spacial score (nSPS) is 12.6. The number of hydrogen-bond acceptors (Lipinski definition) is 9. The molecule has 0 fully saturated rings. The first-order chi connectivity index (χ1) is 18.5. The molecule has 0 spiro atoms. The van der Waals surface area contributed by atoms with Crippen LogP contribution in [0.3, 0.4) is 0 Å². The van der Waals surface area contributed by atoms with Crippen molar-refractivity contribution in [1.29, 1.82) is 0 Å². The summed E-state index contributed by atoms with van der Waals surface area (Å²) in [6, 6.07) is 23.2. The molecular weight excluding hydrogens is 558 g/mol. The Bertz CT molecular complexity index is 1630. The van der Waals surface area contributed by atoms with Gasteiger partial charge in [0.1, 0.15) is 34.5 Å². The average Bonchev–Trinajstić information content (AvgIpc) is 2.87. The summed E-state index contributed by atoms with van der Waals surface area (Å²) >= 11 is 0. The smallest absolute Gasteiger partial charge is 0.457 e. The number of halogens is 2. The van der Waals surface area contributed by atoms with E-state index in [1.165, 1.54) is 48.5 Å². The lowest BCUT2D eigenvalue weighted by Crippen LogP contribution is -2.16. The first-order valence-electron chi connectivity index (χ1n) is 11.2. The molecule has 0 N–H and O–H groups in total. The SMILES string of the molecule is O=S(=O)(F)Oc1ccc(OC(Oc2ccc(OS(=O)(=O)F)cc2)c2ccc3c(c2)Cc2ccccc2O3)cc1. The summed E-state index contributed by atoms with van der Waals surface area (Å²) in [6.45, 7) is 0. The van der Waals surface area contributed by atoms with Crippen molar-refractivity contribution in [3.8, 4) is 34.5 Å². The van der Waals surface area contributed by atoms with Gasteiger partial charge in [-0.2, -0.15) is 16.8 Å². The van der Waals surface area contributed by atoms with E-state index in [4.69, 9.17) is 14.2 Å². The maximum absolute atomic E-state index is 12.8. The molecule has 202 valence electrons. The lowest BCUT2D eigenvalue weighted by molar-refractivity contribution is 0.00367. The van der Waals surface area contributed by atoms with Gasteiger partial charge in [0.2, 0.25) is 0 Å². The van der Waals surface area contributed by atoms with Gasteiger partial charge in [-0.25, -0.2) is 0 Å². The molecule has 1 aliphatic rings. The third-order valence-corrected chi connectivity index (χ3v) is 6.24. The van der Waals surface area contributed by atoms with E-state index < -0.39 is 27.3 Å². The molecule has 0 aromatic heterocycles. The zero-order valence-corrected chi connectivity index (χ0v) is 21.3. The van der Waals surface area contributed by atoms with Crippen LogP contribution >= 0.6 is 0 Å². The van der Waals surface area contributed by atoms with Gasteiger partial charge in [0, 0.05) is 12.0 Å². The van der Waals surface area contributed by atoms with Gasteiger partial charge in [-0.1, -0.05) is 26.0 Å². The van der Waals surface area contributed by atoms with E-state index in [1.54, 1.807) is 12.1 Å². The molecule has 1 heterocycles. The van der Waals surface area contributed by atoms with E-state index >= 15 is 0 Å². The Hall–Kier alpha value is -4.36. The van der Waals surface area contributed by atoms with Gasteiger partial charge in [0.05, 0.1) is 0 Å². The lowest BCUT2D eigenvalue weighted by atomic mass is 9.98. The molecule has 0 unspecified atom stereocenters. The summed E-state index contributed by atoms with van der Waals surface area (Å²) in [7, 11) is -10.4. The Morgan fingerprint density at radius 2 is 1.10 bits per heavy atom. The van der Waals surface area contributed by atoms with Gasteiger partial charge in [-0.05, 0) is 83.9 Å². The minimum absolute atomic E-state index is 0.228. The molecular formula is C26H18F2O9S2. The number of benzene rings is 4. The van der Waals surface area contributed by atoms with Gasteiger partial charge in [0.25, 0.3) is 6.29 Å². The second-order valence-corrected chi connectivity index (χ2v) is 10.1. The zero-order valence-electron chi connectivity index (χ0n) is 19.7. The van der Waals surface area contributed by atoms with Crippen molar-refractivity contribution in [2.45, 2.75) is 12.7 Å². The zero-order chi connectivity index (χ0) is 27.6. The quantitative estimate of drug-likeness (QED) is 0.160. The summed E-state index contributed by atoms with van der Waals surface area (Å²) in [6.07, 6.45) is -0.472. The fourth-order valence-electron chi connectivity index (χ4n) is 3.84. The molecule has 5 rings (SSSR count). The van der Waals surface area contributed by atoms with Crippen LogP contribution in [0.4, 0.5) is 7.77 Å². The maximum atomic E-state index is 12.8. The van der Waals surface area contributed by atoms with Crippen LogP contribution in [-0.4, -0.2) is 16.8 Å². The van der Waals surface area contributed by atoms with E-state index in [0.29, 0.717) is 17.7 Å². The van der Waals surface area contributed by atoms with E-state index in [0.717, 1.165) is 16.9 Å². The Labute approximate surface area is 222 Å². The first-order valence-corrected chi connectivity index (χ1v) is 13.8. The van der Waals surface area contributed by atoms with Crippen molar-refractivity contribution in [3.05, 3.63) is 108 Å². The molecule has 0 radical (unpaired) electrons. The van der Waals surface area contributed by atoms with Crippen LogP contribution in [0.2, 0.25) is 0 Å². The highest BCUT2D eigenvalue weighted by atomic mass is 32.3. The predicted molar refractivity (Wildman–Crippen MR) is 134 cm³/mol. The number of ether oxygens (including phenoxy) is 3. The molecule has 0 amide bonds. The molecule has 4 aromatic rings. The Morgan fingerprint density at radius 1 is 0.615 bits per heavy atom. The Morgan fingerprint density at radius 3 is 1.64 bits per heavy atom. The Balaban J connectivity index is 1.42. The first kappa shape index (κ1) is 26.3. The van der Waals surface area contributed by atoms with Crippen molar-refractivity contribution >= 4 is 21.0 Å². The number of fused-ring (bicyclic) bond motifs is 2. The van der Waals surface area contributed by atoms with Gasteiger partial charge >= 0.3 is 21.0 Å². The minimum atomic E-state index is -5.19. The number of para-hydroxylation sites is 1. The molecule has 4 aromatic carbocycles. The van der Waals surface area contributed by atoms with Gasteiger partial charge in [-0.3, -0.25) is 0 Å². The fourth-order valence-corrected chi connectivity index (χ4v) is 4.52. The van der Waals surface area contributed by atoms with Gasteiger partial charge in [-0.15, -0.1) is 0 Å². The maximum Gasteiger partial charge on any atom is 0.488 e. The van der Waals surface area contributed by atoms with Gasteiger partial charge in [0.15, 0.2) is 0 Å². The molecule has 1 aliphatic heterocycles. The number of hydrogen-bond donors (Lipinski definition) is 0. The third-order valence-electron chi connectivity index (χ3n) is 5.46. The average molecular weight is 577 g/mol. The van der Waals surface area contributed by atoms with Crippen LogP contribution in [0.5, 0.6) is 34.5 Å². The molecule has 0 bridgehead atoms. The number of rotatable bonds is 9. The lowest BCUT2D eigenvalue weighted by Gasteiger charge is -2.24. The van der Waals surface area contributed by atoms with Crippen LogP contribution < -0.4 is 22.6 Å². The summed E-state index contributed by atoms with van der Waals surface area (Å²) in [5, 5.41) is 0. The van der Waals surface area contributed by atoms with Crippen LogP contribution in [0.15, 0.2) is 91.0 Å². The molecule has 0 atom stereocenters. The molecule has 13 heteroatoms. The summed E-state index contributed by atoms with van der Waals surface area (Å²) in [5.41, 5.74) is 2.45. The summed E-state index contributed by atoms with van der Waals surface area (Å²) < 4.78 is 95.0. The molecule has 39 heavy (non-hydrogen) atoms. The molecule has 0 saturated heterocycles. The minimum Gasteiger partial charge on any atom is -0.457 e. The molecule has 0 saturated carbocycles. The standard InChI is InChI=1S/C26H18F2O9S2/c27-38(29,30)36-22-10-6-20(7-11-22)33-26(34-21-8-12-23(13-9-21)37-39(28,31)32)18-5-14-25-19(16-18)15-17-3-1-2-4-24(17)35-25/h1-14,16,26H,15H2. The van der Waals surface area contributed by atoms with Crippen LogP contribution in [0.1, 0.15) is 23.0 Å². The van der Waals surface area contributed by atoms with Crippen molar-refractivity contribution in [1.82, 2.24) is 0 Å². The highest BCUT2D eigenvalue weighted by Crippen LogP contribution is 2.38. The highest BCUT2D eigenvalue weighted by molar-refractivity contribution is 7.82. The van der Waals surface area contributed by atoms with E-state index in [1.807, 2.05) is 30.3 Å². The van der Waals surface area contributed by atoms with E-state index in [2.05, 4.69) is 8.37 Å². The molecule has 0 aliphatic carbocycles. The largest absolute Gasteiger partial charge is 0.488 e.